The van der Waals surface area contributed by atoms with Crippen LogP contribution in [0.5, 0.6) is 0 Å². The van der Waals surface area contributed by atoms with Gasteiger partial charge in [-0.25, -0.2) is 0 Å². The Morgan fingerprint density at radius 3 is 2.57 bits per heavy atom. The van der Waals surface area contributed by atoms with E-state index in [-0.39, 0.29) is 24.6 Å². The molecule has 1 aromatic rings. The van der Waals surface area contributed by atoms with Crippen molar-refractivity contribution in [1.29, 1.82) is 0 Å². The van der Waals surface area contributed by atoms with Crippen molar-refractivity contribution >= 4 is 12.4 Å². The predicted octanol–water partition coefficient (Wildman–Crippen LogP) is 1.29. The van der Waals surface area contributed by atoms with Crippen LogP contribution >= 0.6 is 12.4 Å². The highest BCUT2D eigenvalue weighted by atomic mass is 35.5. The molecule has 78 valence electrons. The maximum atomic E-state index is 9.15. The number of fused-ring (bicyclic) bond motifs is 1. The molecular weight excluding hydrogens is 198 g/mol. The summed E-state index contributed by atoms with van der Waals surface area (Å²) >= 11 is 0. The summed E-state index contributed by atoms with van der Waals surface area (Å²) in [7, 11) is 0. The van der Waals surface area contributed by atoms with Crippen molar-refractivity contribution in [2.24, 2.45) is 5.73 Å². The van der Waals surface area contributed by atoms with Crippen LogP contribution in [-0.2, 0) is 12.8 Å². The van der Waals surface area contributed by atoms with Gasteiger partial charge in [0.1, 0.15) is 0 Å². The number of halogens is 1. The van der Waals surface area contributed by atoms with Crippen molar-refractivity contribution in [2.45, 2.75) is 24.8 Å². The smallest absolute Gasteiger partial charge is 0.0614 e. The molecule has 0 spiro atoms. The molecular formula is C11H16ClNO. The zero-order chi connectivity index (χ0) is 9.31. The second-order valence-electron chi connectivity index (χ2n) is 3.97. The normalized spacial score (nSPS) is 25.0. The summed E-state index contributed by atoms with van der Waals surface area (Å²) in [6.07, 6.45) is 2.69. The Balaban J connectivity index is 0.000000980. The van der Waals surface area contributed by atoms with E-state index in [2.05, 4.69) is 18.2 Å². The van der Waals surface area contributed by atoms with Gasteiger partial charge in [0.05, 0.1) is 6.61 Å². The number of rotatable bonds is 1. The molecule has 0 heterocycles. The molecule has 1 aliphatic carbocycles. The summed E-state index contributed by atoms with van der Waals surface area (Å²) in [5.41, 5.74) is 8.33. The predicted molar refractivity (Wildman–Crippen MR) is 59.7 cm³/mol. The van der Waals surface area contributed by atoms with Gasteiger partial charge < -0.3 is 10.8 Å². The molecule has 2 nitrogen and oxygen atoms in total. The lowest BCUT2D eigenvalue weighted by molar-refractivity contribution is 0.181. The standard InChI is InChI=1S/C11H15NO.ClH/c12-11(8-13)6-5-9-3-1-2-4-10(9)7-11;/h1-4,13H,5-8,12H2;1H. The van der Waals surface area contributed by atoms with E-state index in [1.807, 2.05) is 6.07 Å². The van der Waals surface area contributed by atoms with E-state index in [0.717, 1.165) is 19.3 Å². The van der Waals surface area contributed by atoms with Crippen LogP contribution in [0, 0.1) is 0 Å². The van der Waals surface area contributed by atoms with Gasteiger partial charge in [-0.2, -0.15) is 0 Å². The highest BCUT2D eigenvalue weighted by molar-refractivity contribution is 5.85. The van der Waals surface area contributed by atoms with E-state index in [9.17, 15) is 0 Å². The second kappa shape index (κ2) is 4.30. The topological polar surface area (TPSA) is 46.2 Å². The Bertz CT molecular complexity index is 316. The van der Waals surface area contributed by atoms with E-state index in [0.29, 0.717) is 0 Å². The first-order chi connectivity index (χ1) is 6.23. The fraction of sp³-hybridized carbons (Fsp3) is 0.455. The molecule has 0 saturated heterocycles. The Morgan fingerprint density at radius 1 is 1.29 bits per heavy atom. The van der Waals surface area contributed by atoms with E-state index in [1.54, 1.807) is 0 Å². The van der Waals surface area contributed by atoms with Crippen molar-refractivity contribution in [1.82, 2.24) is 0 Å². The van der Waals surface area contributed by atoms with Crippen LogP contribution in [0.4, 0.5) is 0 Å². The van der Waals surface area contributed by atoms with Gasteiger partial charge in [0, 0.05) is 5.54 Å². The van der Waals surface area contributed by atoms with Gasteiger partial charge in [0.2, 0.25) is 0 Å². The van der Waals surface area contributed by atoms with Gasteiger partial charge in [0.25, 0.3) is 0 Å². The summed E-state index contributed by atoms with van der Waals surface area (Å²) in [5, 5.41) is 9.15. The Labute approximate surface area is 90.5 Å². The van der Waals surface area contributed by atoms with Gasteiger partial charge in [-0.3, -0.25) is 0 Å². The van der Waals surface area contributed by atoms with E-state index < -0.39 is 0 Å². The number of aliphatic hydroxyl groups excluding tert-OH is 1. The summed E-state index contributed by atoms with van der Waals surface area (Å²) in [5.74, 6) is 0. The Hall–Kier alpha value is -0.570. The highest BCUT2D eigenvalue weighted by Gasteiger charge is 2.29. The number of aliphatic hydroxyl groups is 1. The third kappa shape index (κ3) is 2.08. The average Bonchev–Trinajstić information content (AvgIpc) is 2.18. The average molecular weight is 214 g/mol. The molecule has 3 N–H and O–H groups in total. The first kappa shape index (κ1) is 11.5. The van der Waals surface area contributed by atoms with Crippen LogP contribution in [0.1, 0.15) is 17.5 Å². The highest BCUT2D eigenvalue weighted by Crippen LogP contribution is 2.26. The van der Waals surface area contributed by atoms with Crippen molar-refractivity contribution in [3.63, 3.8) is 0 Å². The summed E-state index contributed by atoms with van der Waals surface area (Å²) in [6, 6.07) is 8.33. The van der Waals surface area contributed by atoms with Gasteiger partial charge in [-0.15, -0.1) is 12.4 Å². The number of hydrogen-bond donors (Lipinski definition) is 2. The second-order valence-corrected chi connectivity index (χ2v) is 3.97. The van der Waals surface area contributed by atoms with Crippen molar-refractivity contribution < 1.29 is 5.11 Å². The third-order valence-corrected chi connectivity index (χ3v) is 2.87. The van der Waals surface area contributed by atoms with E-state index >= 15 is 0 Å². The van der Waals surface area contributed by atoms with Crippen LogP contribution in [0.3, 0.4) is 0 Å². The molecule has 0 aromatic heterocycles. The summed E-state index contributed by atoms with van der Waals surface area (Å²) in [6.45, 7) is 0.0847. The molecule has 1 unspecified atom stereocenters. The molecule has 0 fully saturated rings. The molecule has 1 aliphatic rings. The lowest BCUT2D eigenvalue weighted by Gasteiger charge is -2.32. The maximum absolute atomic E-state index is 9.15. The number of aryl methyl sites for hydroxylation is 1. The van der Waals surface area contributed by atoms with Gasteiger partial charge in [-0.05, 0) is 30.4 Å². The van der Waals surface area contributed by atoms with Crippen molar-refractivity contribution in [3.05, 3.63) is 35.4 Å². The molecule has 0 radical (unpaired) electrons. The SMILES string of the molecule is Cl.NC1(CO)CCc2ccccc2C1. The van der Waals surface area contributed by atoms with Crippen molar-refractivity contribution in [3.8, 4) is 0 Å². The molecule has 14 heavy (non-hydrogen) atoms. The largest absolute Gasteiger partial charge is 0.394 e. The van der Waals surface area contributed by atoms with Gasteiger partial charge in [0.15, 0.2) is 0 Å². The molecule has 0 aliphatic heterocycles. The minimum Gasteiger partial charge on any atom is -0.394 e. The number of nitrogens with two attached hydrogens (primary N) is 1. The zero-order valence-corrected chi connectivity index (χ0v) is 8.89. The summed E-state index contributed by atoms with van der Waals surface area (Å²) < 4.78 is 0. The van der Waals surface area contributed by atoms with Crippen LogP contribution in [-0.4, -0.2) is 17.3 Å². The molecule has 3 heteroatoms. The molecule has 1 atom stereocenters. The maximum Gasteiger partial charge on any atom is 0.0614 e. The number of hydrogen-bond acceptors (Lipinski definition) is 2. The van der Waals surface area contributed by atoms with Gasteiger partial charge in [-0.1, -0.05) is 24.3 Å². The third-order valence-electron chi connectivity index (χ3n) is 2.87. The van der Waals surface area contributed by atoms with Crippen molar-refractivity contribution in [2.75, 3.05) is 6.61 Å². The minimum absolute atomic E-state index is 0. The van der Waals surface area contributed by atoms with E-state index in [4.69, 9.17) is 10.8 Å². The minimum atomic E-state index is -0.381. The first-order valence-corrected chi connectivity index (χ1v) is 4.70. The van der Waals surface area contributed by atoms with Crippen LogP contribution < -0.4 is 5.73 Å². The fourth-order valence-electron chi connectivity index (χ4n) is 1.96. The Morgan fingerprint density at radius 2 is 1.93 bits per heavy atom. The van der Waals surface area contributed by atoms with E-state index in [1.165, 1.54) is 11.1 Å². The zero-order valence-electron chi connectivity index (χ0n) is 8.07. The monoisotopic (exact) mass is 213 g/mol. The lowest BCUT2D eigenvalue weighted by atomic mass is 9.79. The quantitative estimate of drug-likeness (QED) is 0.739. The van der Waals surface area contributed by atoms with Crippen LogP contribution in [0.25, 0.3) is 0 Å². The molecule has 0 saturated carbocycles. The molecule has 1 aromatic carbocycles. The lowest BCUT2D eigenvalue weighted by Crippen LogP contribution is -2.48. The van der Waals surface area contributed by atoms with Crippen LogP contribution in [0.15, 0.2) is 24.3 Å². The fourth-order valence-corrected chi connectivity index (χ4v) is 1.96. The first-order valence-electron chi connectivity index (χ1n) is 4.70. The number of benzene rings is 1. The molecule has 2 rings (SSSR count). The Kier molecular flexibility index (Phi) is 3.53. The van der Waals surface area contributed by atoms with Gasteiger partial charge >= 0.3 is 0 Å². The molecule has 0 amide bonds. The molecule has 0 bridgehead atoms. The summed E-state index contributed by atoms with van der Waals surface area (Å²) in [4.78, 5) is 0. The van der Waals surface area contributed by atoms with Crippen LogP contribution in [0.2, 0.25) is 0 Å².